The highest BCUT2D eigenvalue weighted by molar-refractivity contribution is 7.79. The molecular formula is C24H35N5OS. The smallest absolute Gasteiger partial charge is 0.237 e. The van der Waals surface area contributed by atoms with Gasteiger partial charge in [-0.05, 0) is 30.2 Å². The molecule has 4 rings (SSSR count). The van der Waals surface area contributed by atoms with Crippen molar-refractivity contribution in [2.75, 3.05) is 39.0 Å². The second kappa shape index (κ2) is 12.5. The molecule has 6 nitrogen and oxygen atoms in total. The molecule has 168 valence electrons. The number of aromatic nitrogens is 3. The second-order valence-corrected chi connectivity index (χ2v) is 7.35. The minimum absolute atomic E-state index is 0.219. The third-order valence-electron chi connectivity index (χ3n) is 5.26. The summed E-state index contributed by atoms with van der Waals surface area (Å²) in [7, 11) is 1.87. The fourth-order valence-electron chi connectivity index (χ4n) is 3.68. The lowest BCUT2D eigenvalue weighted by atomic mass is 9.98. The number of carbonyl (C=O) groups excluding carboxylic acids is 1. The lowest BCUT2D eigenvalue weighted by Crippen LogP contribution is -2.41. The van der Waals surface area contributed by atoms with Crippen molar-refractivity contribution >= 4 is 24.1 Å². The van der Waals surface area contributed by atoms with Gasteiger partial charge in [0.05, 0.1) is 6.54 Å². The van der Waals surface area contributed by atoms with E-state index < -0.39 is 0 Å². The van der Waals surface area contributed by atoms with Crippen LogP contribution >= 0.6 is 12.6 Å². The van der Waals surface area contributed by atoms with Crippen molar-refractivity contribution in [1.29, 1.82) is 0 Å². The topological polar surface area (TPSA) is 54.3 Å². The summed E-state index contributed by atoms with van der Waals surface area (Å²) in [5.41, 5.74) is 4.75. The normalized spacial score (nSPS) is 16.1. The van der Waals surface area contributed by atoms with E-state index in [1.54, 1.807) is 17.3 Å². The fourth-order valence-corrected chi connectivity index (χ4v) is 3.68. The Hall–Kier alpha value is -2.38. The number of carbonyl (C=O) groups is 1. The Kier molecular flexibility index (Phi) is 10.0. The zero-order valence-electron chi connectivity index (χ0n) is 19.2. The molecule has 1 amide bonds. The molecule has 1 saturated heterocycles. The van der Waals surface area contributed by atoms with Gasteiger partial charge in [0.15, 0.2) is 5.82 Å². The van der Waals surface area contributed by atoms with E-state index in [9.17, 15) is 4.79 Å². The van der Waals surface area contributed by atoms with Crippen LogP contribution in [0.5, 0.6) is 0 Å². The standard InChI is InChI=1S/C21H25N5O.C2H6.CH4S/c1-16-7-10-25(13-16)14-20(27)26-11-8-18(9-12-26)17-3-5-19(6-4-17)21-22-15-24(2)23-21;2*1-2/h3-6,8,15H,1,7,9-14H2,2H3;1-2H3;2H,1H3. The third kappa shape index (κ3) is 6.80. The van der Waals surface area contributed by atoms with Crippen LogP contribution in [0.2, 0.25) is 0 Å². The van der Waals surface area contributed by atoms with Crippen molar-refractivity contribution in [3.05, 3.63) is 54.4 Å². The first-order valence-corrected chi connectivity index (χ1v) is 11.7. The minimum Gasteiger partial charge on any atom is -0.338 e. The first-order chi connectivity index (χ1) is 15.1. The van der Waals surface area contributed by atoms with Crippen molar-refractivity contribution in [3.8, 4) is 11.4 Å². The van der Waals surface area contributed by atoms with Crippen molar-refractivity contribution in [1.82, 2.24) is 24.6 Å². The van der Waals surface area contributed by atoms with Gasteiger partial charge in [-0.25, -0.2) is 4.98 Å². The number of aryl methyl sites for hydroxylation is 1. The molecule has 7 heteroatoms. The quantitative estimate of drug-likeness (QED) is 0.577. The molecule has 0 saturated carbocycles. The molecule has 0 bridgehead atoms. The largest absolute Gasteiger partial charge is 0.338 e. The summed E-state index contributed by atoms with van der Waals surface area (Å²) < 4.78 is 1.70. The maximum absolute atomic E-state index is 12.5. The van der Waals surface area contributed by atoms with Crippen molar-refractivity contribution in [2.45, 2.75) is 26.7 Å². The summed E-state index contributed by atoms with van der Waals surface area (Å²) in [6, 6.07) is 8.35. The van der Waals surface area contributed by atoms with Crippen LogP contribution in [0.25, 0.3) is 17.0 Å². The molecule has 2 aliphatic rings. The Bertz CT molecular complexity index is 888. The highest BCUT2D eigenvalue weighted by atomic mass is 32.1. The molecule has 0 N–H and O–H groups in total. The fraction of sp³-hybridized carbons (Fsp3) is 0.458. The number of thiol groups is 1. The molecule has 1 aromatic heterocycles. The lowest BCUT2D eigenvalue weighted by molar-refractivity contribution is -0.131. The van der Waals surface area contributed by atoms with E-state index >= 15 is 0 Å². The van der Waals surface area contributed by atoms with Crippen LogP contribution < -0.4 is 0 Å². The van der Waals surface area contributed by atoms with Crippen LogP contribution in [0.15, 0.2) is 48.8 Å². The summed E-state index contributed by atoms with van der Waals surface area (Å²) in [6.07, 6.45) is 7.48. The van der Waals surface area contributed by atoms with E-state index in [2.05, 4.69) is 64.5 Å². The molecular weight excluding hydrogens is 406 g/mol. The van der Waals surface area contributed by atoms with Gasteiger partial charge in [0, 0.05) is 38.8 Å². The predicted octanol–water partition coefficient (Wildman–Crippen LogP) is 3.93. The van der Waals surface area contributed by atoms with E-state index in [1.807, 2.05) is 25.8 Å². The first-order valence-electron chi connectivity index (χ1n) is 10.9. The van der Waals surface area contributed by atoms with Gasteiger partial charge in [-0.2, -0.15) is 17.7 Å². The number of hydrogen-bond acceptors (Lipinski definition) is 5. The lowest BCUT2D eigenvalue weighted by Gasteiger charge is -2.28. The van der Waals surface area contributed by atoms with Crippen LogP contribution in [0.4, 0.5) is 0 Å². The Balaban J connectivity index is 0.000000807. The van der Waals surface area contributed by atoms with Gasteiger partial charge in [0.1, 0.15) is 6.33 Å². The number of amides is 1. The van der Waals surface area contributed by atoms with Crippen molar-refractivity contribution in [3.63, 3.8) is 0 Å². The molecule has 1 aromatic carbocycles. The van der Waals surface area contributed by atoms with E-state index in [0.29, 0.717) is 13.1 Å². The molecule has 2 aromatic rings. The number of nitrogens with zero attached hydrogens (tertiary/aromatic N) is 5. The van der Waals surface area contributed by atoms with Gasteiger partial charge < -0.3 is 4.90 Å². The van der Waals surface area contributed by atoms with Crippen LogP contribution in [0, 0.1) is 0 Å². The van der Waals surface area contributed by atoms with Crippen LogP contribution in [0.1, 0.15) is 32.3 Å². The van der Waals surface area contributed by atoms with Crippen LogP contribution in [-0.4, -0.2) is 69.5 Å². The Labute approximate surface area is 192 Å². The molecule has 0 unspecified atom stereocenters. The van der Waals surface area contributed by atoms with Gasteiger partial charge in [-0.3, -0.25) is 14.4 Å². The average molecular weight is 442 g/mol. The van der Waals surface area contributed by atoms with Gasteiger partial charge in [0.25, 0.3) is 0 Å². The van der Waals surface area contributed by atoms with Crippen molar-refractivity contribution in [2.24, 2.45) is 7.05 Å². The maximum atomic E-state index is 12.5. The molecule has 0 atom stereocenters. The van der Waals surface area contributed by atoms with Crippen molar-refractivity contribution < 1.29 is 4.79 Å². The van der Waals surface area contributed by atoms with E-state index in [4.69, 9.17) is 0 Å². The highest BCUT2D eigenvalue weighted by Crippen LogP contribution is 2.25. The van der Waals surface area contributed by atoms with Gasteiger partial charge in [-0.1, -0.05) is 56.3 Å². The Morgan fingerprint density at radius 2 is 1.77 bits per heavy atom. The maximum Gasteiger partial charge on any atom is 0.237 e. The number of hydrogen-bond donors (Lipinski definition) is 1. The van der Waals surface area contributed by atoms with E-state index in [-0.39, 0.29) is 5.91 Å². The average Bonchev–Trinajstić information content (AvgIpc) is 3.44. The summed E-state index contributed by atoms with van der Waals surface area (Å²) in [4.78, 5) is 20.9. The number of rotatable bonds is 4. The van der Waals surface area contributed by atoms with E-state index in [0.717, 1.165) is 43.9 Å². The summed E-state index contributed by atoms with van der Waals surface area (Å²) in [5.74, 6) is 0.958. The molecule has 31 heavy (non-hydrogen) atoms. The Morgan fingerprint density at radius 1 is 1.10 bits per heavy atom. The van der Waals surface area contributed by atoms with Crippen LogP contribution in [0.3, 0.4) is 0 Å². The second-order valence-electron chi connectivity index (χ2n) is 7.35. The SMILES string of the molecule is C=C1CCN(CC(=O)N2CC=C(c3ccc(-c4ncn(C)n4)cc3)CC2)C1.CC.CS. The van der Waals surface area contributed by atoms with Gasteiger partial charge >= 0.3 is 0 Å². The van der Waals surface area contributed by atoms with Gasteiger partial charge in [0.2, 0.25) is 5.91 Å². The predicted molar refractivity (Wildman–Crippen MR) is 132 cm³/mol. The monoisotopic (exact) mass is 441 g/mol. The molecule has 0 aliphatic carbocycles. The molecule has 0 spiro atoms. The van der Waals surface area contributed by atoms with Gasteiger partial charge in [-0.15, -0.1) is 0 Å². The molecule has 1 fully saturated rings. The Morgan fingerprint density at radius 3 is 2.29 bits per heavy atom. The number of likely N-dealkylation sites (tertiary alicyclic amines) is 1. The molecule has 0 radical (unpaired) electrons. The zero-order chi connectivity index (χ0) is 22.8. The molecule has 2 aliphatic heterocycles. The first kappa shape index (κ1) is 24.9. The highest BCUT2D eigenvalue weighted by Gasteiger charge is 2.23. The summed E-state index contributed by atoms with van der Waals surface area (Å²) in [6.45, 7) is 11.8. The zero-order valence-corrected chi connectivity index (χ0v) is 20.1. The molecule has 3 heterocycles. The third-order valence-corrected chi connectivity index (χ3v) is 5.26. The van der Waals surface area contributed by atoms with E-state index in [1.165, 1.54) is 16.7 Å². The summed E-state index contributed by atoms with van der Waals surface area (Å²) >= 11 is 3.53. The number of benzene rings is 1. The van der Waals surface area contributed by atoms with Crippen LogP contribution in [-0.2, 0) is 11.8 Å². The summed E-state index contributed by atoms with van der Waals surface area (Å²) in [5, 5.41) is 4.34. The minimum atomic E-state index is 0.219.